The van der Waals surface area contributed by atoms with E-state index in [2.05, 4.69) is 10.1 Å². The summed E-state index contributed by atoms with van der Waals surface area (Å²) in [4.78, 5) is 33.3. The van der Waals surface area contributed by atoms with Crippen LogP contribution in [0.25, 0.3) is 5.65 Å². The first-order valence-electron chi connectivity index (χ1n) is 9.23. The van der Waals surface area contributed by atoms with Gasteiger partial charge in [-0.05, 0) is 17.7 Å². The summed E-state index contributed by atoms with van der Waals surface area (Å²) in [5, 5.41) is 4.17. The highest BCUT2D eigenvalue weighted by molar-refractivity contribution is 5.93. The lowest BCUT2D eigenvalue weighted by Crippen LogP contribution is -2.63. The standard InChI is InChI=1S/C20H19N5O3/c26-18(16-7-4-8-17-21-14-22-25(16)17)23-9-10-24-19(27)28-13-20(24,12-23)11-15-5-2-1-3-6-15/h1-8,14H,9-13H2. The minimum Gasteiger partial charge on any atom is -0.447 e. The highest BCUT2D eigenvalue weighted by Gasteiger charge is 2.51. The molecule has 1 atom stereocenters. The lowest BCUT2D eigenvalue weighted by atomic mass is 9.88. The average Bonchev–Trinajstić information content (AvgIpc) is 3.32. The minimum absolute atomic E-state index is 0.123. The summed E-state index contributed by atoms with van der Waals surface area (Å²) in [5.74, 6) is -0.123. The monoisotopic (exact) mass is 377 g/mol. The fraction of sp³-hybridized carbons (Fsp3) is 0.300. The van der Waals surface area contributed by atoms with E-state index in [0.29, 0.717) is 37.4 Å². The molecule has 0 radical (unpaired) electrons. The maximum atomic E-state index is 13.3. The molecule has 2 amide bonds. The van der Waals surface area contributed by atoms with Crippen LogP contribution < -0.4 is 0 Å². The van der Waals surface area contributed by atoms with Gasteiger partial charge in [0, 0.05) is 26.1 Å². The van der Waals surface area contributed by atoms with E-state index in [1.165, 1.54) is 6.33 Å². The van der Waals surface area contributed by atoms with Gasteiger partial charge in [0.1, 0.15) is 24.2 Å². The second-order valence-electron chi connectivity index (χ2n) is 7.26. The largest absolute Gasteiger partial charge is 0.447 e. The molecule has 28 heavy (non-hydrogen) atoms. The molecule has 0 aliphatic carbocycles. The van der Waals surface area contributed by atoms with Crippen LogP contribution in [0.3, 0.4) is 0 Å². The van der Waals surface area contributed by atoms with Crippen molar-refractivity contribution in [2.45, 2.75) is 12.0 Å². The van der Waals surface area contributed by atoms with Crippen LogP contribution in [-0.4, -0.2) is 68.2 Å². The van der Waals surface area contributed by atoms with E-state index in [-0.39, 0.29) is 18.6 Å². The molecule has 2 aromatic heterocycles. The normalized spacial score (nSPS) is 21.6. The lowest BCUT2D eigenvalue weighted by molar-refractivity contribution is 0.0369. The van der Waals surface area contributed by atoms with Crippen molar-refractivity contribution < 1.29 is 14.3 Å². The third kappa shape index (κ3) is 2.60. The van der Waals surface area contributed by atoms with Gasteiger partial charge in [0.05, 0.1) is 0 Å². The Bertz CT molecular complexity index is 1050. The number of fused-ring (bicyclic) bond motifs is 2. The zero-order chi connectivity index (χ0) is 19.1. The second-order valence-corrected chi connectivity index (χ2v) is 7.26. The number of hydrogen-bond acceptors (Lipinski definition) is 5. The molecular formula is C20H19N5O3. The van der Waals surface area contributed by atoms with Gasteiger partial charge in [0.2, 0.25) is 0 Å². The number of piperazine rings is 1. The minimum atomic E-state index is -0.553. The molecule has 0 N–H and O–H groups in total. The summed E-state index contributed by atoms with van der Waals surface area (Å²) >= 11 is 0. The number of amides is 2. The number of cyclic esters (lactones) is 1. The van der Waals surface area contributed by atoms with Gasteiger partial charge < -0.3 is 9.64 Å². The Kier molecular flexibility index (Phi) is 3.78. The van der Waals surface area contributed by atoms with E-state index < -0.39 is 5.54 Å². The number of nitrogens with zero attached hydrogens (tertiary/aromatic N) is 5. The number of hydrogen-bond donors (Lipinski definition) is 0. The molecule has 3 aromatic rings. The van der Waals surface area contributed by atoms with Crippen LogP contribution in [0.2, 0.25) is 0 Å². The number of rotatable bonds is 3. The van der Waals surface area contributed by atoms with Crippen molar-refractivity contribution in [3.8, 4) is 0 Å². The summed E-state index contributed by atoms with van der Waals surface area (Å²) in [6.45, 7) is 1.59. The quantitative estimate of drug-likeness (QED) is 0.693. The first-order valence-corrected chi connectivity index (χ1v) is 9.23. The molecule has 2 aliphatic rings. The van der Waals surface area contributed by atoms with Gasteiger partial charge in [-0.25, -0.2) is 14.3 Å². The molecule has 8 heteroatoms. The predicted molar refractivity (Wildman–Crippen MR) is 99.8 cm³/mol. The Morgan fingerprint density at radius 2 is 1.96 bits per heavy atom. The molecule has 1 aromatic carbocycles. The maximum absolute atomic E-state index is 13.3. The lowest BCUT2D eigenvalue weighted by Gasteiger charge is -2.44. The van der Waals surface area contributed by atoms with Crippen LogP contribution >= 0.6 is 0 Å². The maximum Gasteiger partial charge on any atom is 0.410 e. The Morgan fingerprint density at radius 3 is 2.82 bits per heavy atom. The van der Waals surface area contributed by atoms with Crippen LogP contribution in [-0.2, 0) is 11.2 Å². The molecule has 4 heterocycles. The number of ether oxygens (including phenoxy) is 1. The SMILES string of the molecule is O=C(c1cccc2ncnn12)N1CCN2C(=O)OCC2(Cc2ccccc2)C1. The van der Waals surface area contributed by atoms with Gasteiger partial charge in [-0.2, -0.15) is 5.10 Å². The van der Waals surface area contributed by atoms with Gasteiger partial charge in [-0.3, -0.25) is 9.69 Å². The number of carbonyl (C=O) groups excluding carboxylic acids is 2. The second kappa shape index (κ2) is 6.33. The van der Waals surface area contributed by atoms with Crippen LogP contribution in [0.4, 0.5) is 4.79 Å². The molecule has 0 bridgehead atoms. The first kappa shape index (κ1) is 16.7. The topological polar surface area (TPSA) is 80.0 Å². The van der Waals surface area contributed by atoms with E-state index in [0.717, 1.165) is 5.56 Å². The van der Waals surface area contributed by atoms with Crippen molar-refractivity contribution in [1.29, 1.82) is 0 Å². The smallest absolute Gasteiger partial charge is 0.410 e. The Labute approximate surface area is 161 Å². The van der Waals surface area contributed by atoms with Crippen LogP contribution in [0.5, 0.6) is 0 Å². The molecule has 142 valence electrons. The van der Waals surface area contributed by atoms with Crippen molar-refractivity contribution in [3.63, 3.8) is 0 Å². The van der Waals surface area contributed by atoms with Crippen LogP contribution in [0.15, 0.2) is 54.9 Å². The molecule has 8 nitrogen and oxygen atoms in total. The number of benzene rings is 1. The van der Waals surface area contributed by atoms with Crippen LogP contribution in [0.1, 0.15) is 16.1 Å². The summed E-state index contributed by atoms with van der Waals surface area (Å²) in [6.07, 6.45) is 1.77. The van der Waals surface area contributed by atoms with E-state index in [1.54, 1.807) is 26.4 Å². The van der Waals surface area contributed by atoms with E-state index in [4.69, 9.17) is 4.74 Å². The third-order valence-corrected chi connectivity index (χ3v) is 5.52. The fourth-order valence-electron chi connectivity index (χ4n) is 4.18. The number of pyridine rings is 1. The Balaban J connectivity index is 1.47. The highest BCUT2D eigenvalue weighted by Crippen LogP contribution is 2.32. The molecule has 2 saturated heterocycles. The molecule has 0 saturated carbocycles. The summed E-state index contributed by atoms with van der Waals surface area (Å²) < 4.78 is 6.94. The molecule has 0 spiro atoms. The molecule has 5 rings (SSSR count). The summed E-state index contributed by atoms with van der Waals surface area (Å²) in [5.41, 5.74) is 1.65. The number of aromatic nitrogens is 3. The molecular weight excluding hydrogens is 358 g/mol. The van der Waals surface area contributed by atoms with Crippen molar-refractivity contribution in [1.82, 2.24) is 24.4 Å². The van der Waals surface area contributed by atoms with Crippen molar-refractivity contribution in [2.75, 3.05) is 26.2 Å². The zero-order valence-electron chi connectivity index (χ0n) is 15.2. The van der Waals surface area contributed by atoms with E-state index in [1.807, 2.05) is 36.4 Å². The van der Waals surface area contributed by atoms with Gasteiger partial charge in [0.15, 0.2) is 5.65 Å². The van der Waals surface area contributed by atoms with Crippen LogP contribution in [0, 0.1) is 0 Å². The van der Waals surface area contributed by atoms with Crippen molar-refractivity contribution in [2.24, 2.45) is 0 Å². The third-order valence-electron chi connectivity index (χ3n) is 5.52. The molecule has 2 fully saturated rings. The predicted octanol–water partition coefficient (Wildman–Crippen LogP) is 1.62. The van der Waals surface area contributed by atoms with Gasteiger partial charge in [0.25, 0.3) is 5.91 Å². The average molecular weight is 377 g/mol. The fourth-order valence-corrected chi connectivity index (χ4v) is 4.18. The van der Waals surface area contributed by atoms with Crippen molar-refractivity contribution >= 4 is 17.6 Å². The number of carbonyl (C=O) groups is 2. The highest BCUT2D eigenvalue weighted by atomic mass is 16.6. The van der Waals surface area contributed by atoms with Crippen molar-refractivity contribution in [3.05, 3.63) is 66.1 Å². The zero-order valence-corrected chi connectivity index (χ0v) is 15.2. The van der Waals surface area contributed by atoms with E-state index in [9.17, 15) is 9.59 Å². The summed E-state index contributed by atoms with van der Waals surface area (Å²) in [7, 11) is 0. The molecule has 2 aliphatic heterocycles. The Hall–Kier alpha value is -3.42. The first-order chi connectivity index (χ1) is 13.7. The Morgan fingerprint density at radius 1 is 1.11 bits per heavy atom. The molecule has 1 unspecified atom stereocenters. The summed E-state index contributed by atoms with van der Waals surface area (Å²) in [6, 6.07) is 15.3. The van der Waals surface area contributed by atoms with Gasteiger partial charge in [-0.1, -0.05) is 36.4 Å². The van der Waals surface area contributed by atoms with E-state index >= 15 is 0 Å². The van der Waals surface area contributed by atoms with Gasteiger partial charge in [-0.15, -0.1) is 0 Å². The van der Waals surface area contributed by atoms with Gasteiger partial charge >= 0.3 is 6.09 Å².